The highest BCUT2D eigenvalue weighted by atomic mass is 35.5. The Kier molecular flexibility index (Phi) is 6.16. The molecule has 0 radical (unpaired) electrons. The van der Waals surface area contributed by atoms with Gasteiger partial charge in [0.1, 0.15) is 0 Å². The highest BCUT2D eigenvalue weighted by Crippen LogP contribution is 2.28. The number of rotatable bonds is 5. The van der Waals surface area contributed by atoms with E-state index in [-0.39, 0.29) is 6.04 Å². The van der Waals surface area contributed by atoms with Crippen LogP contribution in [0.1, 0.15) is 42.6 Å². The van der Waals surface area contributed by atoms with Crippen molar-refractivity contribution in [3.8, 4) is 0 Å². The van der Waals surface area contributed by atoms with E-state index in [0.717, 1.165) is 30.1 Å². The van der Waals surface area contributed by atoms with Crippen LogP contribution < -0.4 is 0 Å². The molecule has 25 heavy (non-hydrogen) atoms. The van der Waals surface area contributed by atoms with E-state index in [1.165, 1.54) is 24.0 Å². The largest absolute Gasteiger partial charge is 0.387 e. The lowest BCUT2D eigenvalue weighted by Crippen LogP contribution is -2.43. The Labute approximate surface area is 156 Å². The summed E-state index contributed by atoms with van der Waals surface area (Å²) in [6.45, 7) is 6.32. The number of hydrogen-bond acceptors (Lipinski definition) is 2. The van der Waals surface area contributed by atoms with Crippen LogP contribution in [-0.4, -0.2) is 29.1 Å². The summed E-state index contributed by atoms with van der Waals surface area (Å²) in [5.41, 5.74) is 3.57. The van der Waals surface area contributed by atoms with Crippen molar-refractivity contribution in [3.63, 3.8) is 0 Å². The number of halogens is 1. The van der Waals surface area contributed by atoms with Crippen molar-refractivity contribution in [2.45, 2.75) is 45.3 Å². The lowest BCUT2D eigenvalue weighted by molar-refractivity contribution is 0.0373. The number of likely N-dealkylation sites (tertiary alicyclic amines) is 1. The topological polar surface area (TPSA) is 23.5 Å². The SMILES string of the molecule is Cc1ccc(C(O)C(C)N2CCC(Cc3cccc(Cl)c3)CC2)cc1. The normalized spacial score (nSPS) is 18.9. The fourth-order valence-corrected chi connectivity index (χ4v) is 4.02. The molecule has 0 bridgehead atoms. The van der Waals surface area contributed by atoms with Gasteiger partial charge < -0.3 is 5.11 Å². The predicted molar refractivity (Wildman–Crippen MR) is 105 cm³/mol. The summed E-state index contributed by atoms with van der Waals surface area (Å²) in [6, 6.07) is 16.6. The summed E-state index contributed by atoms with van der Waals surface area (Å²) < 4.78 is 0. The number of nitrogens with zero attached hydrogens (tertiary/aromatic N) is 1. The van der Waals surface area contributed by atoms with Crippen molar-refractivity contribution in [1.29, 1.82) is 0 Å². The van der Waals surface area contributed by atoms with E-state index in [1.54, 1.807) is 0 Å². The molecule has 1 aliphatic rings. The molecule has 1 heterocycles. The zero-order valence-electron chi connectivity index (χ0n) is 15.2. The third-order valence-corrected chi connectivity index (χ3v) is 5.75. The molecule has 0 saturated carbocycles. The molecule has 3 heteroatoms. The Hall–Kier alpha value is -1.35. The van der Waals surface area contributed by atoms with Gasteiger partial charge in [-0.2, -0.15) is 0 Å². The summed E-state index contributed by atoms with van der Waals surface area (Å²) in [4.78, 5) is 2.43. The van der Waals surface area contributed by atoms with Crippen molar-refractivity contribution < 1.29 is 5.11 Å². The maximum Gasteiger partial charge on any atom is 0.0942 e. The van der Waals surface area contributed by atoms with Gasteiger partial charge in [-0.3, -0.25) is 4.90 Å². The average molecular weight is 358 g/mol. The van der Waals surface area contributed by atoms with E-state index in [0.29, 0.717) is 5.92 Å². The standard InChI is InChI=1S/C22H28ClNO/c1-16-6-8-20(9-7-16)22(25)17(2)24-12-10-18(11-13-24)14-19-4-3-5-21(23)15-19/h3-9,15,17-18,22,25H,10-14H2,1-2H3. The van der Waals surface area contributed by atoms with Crippen LogP contribution in [0.2, 0.25) is 5.02 Å². The second kappa shape index (κ2) is 8.35. The molecule has 2 aromatic rings. The number of aliphatic hydroxyl groups is 1. The zero-order chi connectivity index (χ0) is 17.8. The molecule has 3 rings (SSSR count). The smallest absolute Gasteiger partial charge is 0.0942 e. The average Bonchev–Trinajstić information content (AvgIpc) is 2.62. The van der Waals surface area contributed by atoms with E-state index in [2.05, 4.69) is 43.0 Å². The minimum absolute atomic E-state index is 0.148. The third-order valence-electron chi connectivity index (χ3n) is 5.51. The number of piperidine rings is 1. The van der Waals surface area contributed by atoms with Crippen LogP contribution in [0.5, 0.6) is 0 Å². The second-order valence-electron chi connectivity index (χ2n) is 7.41. The Bertz CT molecular complexity index is 677. The third kappa shape index (κ3) is 4.84. The molecule has 2 unspecified atom stereocenters. The van der Waals surface area contributed by atoms with Gasteiger partial charge in [0.25, 0.3) is 0 Å². The van der Waals surface area contributed by atoms with Gasteiger partial charge in [-0.15, -0.1) is 0 Å². The van der Waals surface area contributed by atoms with Gasteiger partial charge in [0.05, 0.1) is 6.10 Å². The van der Waals surface area contributed by atoms with Gasteiger partial charge in [0.15, 0.2) is 0 Å². The molecular formula is C22H28ClNO. The van der Waals surface area contributed by atoms with Crippen LogP contribution in [0.4, 0.5) is 0 Å². The Balaban J connectivity index is 1.53. The molecule has 0 aromatic heterocycles. The summed E-state index contributed by atoms with van der Waals surface area (Å²) in [5.74, 6) is 0.707. The summed E-state index contributed by atoms with van der Waals surface area (Å²) >= 11 is 6.09. The van der Waals surface area contributed by atoms with Gasteiger partial charge in [-0.05, 0) is 75.4 Å². The minimum atomic E-state index is -0.426. The van der Waals surface area contributed by atoms with Crippen LogP contribution in [0, 0.1) is 12.8 Å². The predicted octanol–water partition coefficient (Wildman–Crippen LogP) is 5.03. The van der Waals surface area contributed by atoms with Gasteiger partial charge >= 0.3 is 0 Å². The lowest BCUT2D eigenvalue weighted by atomic mass is 9.89. The van der Waals surface area contributed by atoms with Crippen LogP contribution in [0.15, 0.2) is 48.5 Å². The highest BCUT2D eigenvalue weighted by Gasteiger charge is 2.27. The summed E-state index contributed by atoms with van der Waals surface area (Å²) in [5, 5.41) is 11.5. The first kappa shape index (κ1) is 18.4. The molecule has 0 spiro atoms. The van der Waals surface area contributed by atoms with Crippen molar-refractivity contribution >= 4 is 11.6 Å². The van der Waals surface area contributed by atoms with Gasteiger partial charge in [0, 0.05) is 11.1 Å². The van der Waals surface area contributed by atoms with Crippen LogP contribution in [0.3, 0.4) is 0 Å². The first-order valence-corrected chi connectivity index (χ1v) is 9.64. The molecule has 0 aliphatic carbocycles. The van der Waals surface area contributed by atoms with Crippen molar-refractivity contribution in [2.75, 3.05) is 13.1 Å². The molecule has 2 atom stereocenters. The maximum atomic E-state index is 10.7. The molecule has 0 amide bonds. The Morgan fingerprint density at radius 2 is 1.80 bits per heavy atom. The number of aryl methyl sites for hydroxylation is 1. The number of benzene rings is 2. The van der Waals surface area contributed by atoms with E-state index >= 15 is 0 Å². The second-order valence-corrected chi connectivity index (χ2v) is 7.85. The molecular weight excluding hydrogens is 330 g/mol. The van der Waals surface area contributed by atoms with Crippen LogP contribution in [-0.2, 0) is 6.42 Å². The van der Waals surface area contributed by atoms with E-state index < -0.39 is 6.10 Å². The van der Waals surface area contributed by atoms with Crippen molar-refractivity contribution in [2.24, 2.45) is 5.92 Å². The molecule has 134 valence electrons. The maximum absolute atomic E-state index is 10.7. The van der Waals surface area contributed by atoms with Crippen molar-refractivity contribution in [3.05, 3.63) is 70.2 Å². The van der Waals surface area contributed by atoms with E-state index in [9.17, 15) is 5.11 Å². The molecule has 1 saturated heterocycles. The van der Waals surface area contributed by atoms with Crippen molar-refractivity contribution in [1.82, 2.24) is 4.90 Å². The summed E-state index contributed by atoms with van der Waals surface area (Å²) in [6.07, 6.45) is 3.03. The van der Waals surface area contributed by atoms with Gasteiger partial charge in [-0.25, -0.2) is 0 Å². The van der Waals surface area contributed by atoms with Gasteiger partial charge in [-0.1, -0.05) is 53.6 Å². The quantitative estimate of drug-likeness (QED) is 0.811. The first-order valence-electron chi connectivity index (χ1n) is 9.26. The Morgan fingerprint density at radius 3 is 2.44 bits per heavy atom. The minimum Gasteiger partial charge on any atom is -0.387 e. The number of hydrogen-bond donors (Lipinski definition) is 1. The fourth-order valence-electron chi connectivity index (χ4n) is 3.80. The molecule has 2 aromatic carbocycles. The lowest BCUT2D eigenvalue weighted by Gasteiger charge is -2.38. The van der Waals surface area contributed by atoms with Gasteiger partial charge in [0.2, 0.25) is 0 Å². The molecule has 1 N–H and O–H groups in total. The monoisotopic (exact) mass is 357 g/mol. The van der Waals surface area contributed by atoms with E-state index in [1.807, 2.05) is 24.3 Å². The Morgan fingerprint density at radius 1 is 1.12 bits per heavy atom. The molecule has 1 fully saturated rings. The molecule has 1 aliphatic heterocycles. The van der Waals surface area contributed by atoms with E-state index in [4.69, 9.17) is 11.6 Å². The molecule has 2 nitrogen and oxygen atoms in total. The zero-order valence-corrected chi connectivity index (χ0v) is 15.9. The first-order chi connectivity index (χ1) is 12.0. The highest BCUT2D eigenvalue weighted by molar-refractivity contribution is 6.30. The van der Waals surface area contributed by atoms with Crippen LogP contribution >= 0.6 is 11.6 Å². The van der Waals surface area contributed by atoms with Crippen LogP contribution in [0.25, 0.3) is 0 Å². The summed E-state index contributed by atoms with van der Waals surface area (Å²) in [7, 11) is 0. The number of aliphatic hydroxyl groups excluding tert-OH is 1. The fraction of sp³-hybridized carbons (Fsp3) is 0.455.